The monoisotopic (exact) mass is 325 g/mol. The van der Waals surface area contributed by atoms with Crippen molar-refractivity contribution in [3.8, 4) is 11.4 Å². The van der Waals surface area contributed by atoms with E-state index in [1.54, 1.807) is 16.7 Å². The Kier molecular flexibility index (Phi) is 4.99. The molecule has 0 fully saturated rings. The Labute approximate surface area is 142 Å². The fraction of sp³-hybridized carbons (Fsp3) is 0.368. The Morgan fingerprint density at radius 1 is 1.42 bits per heavy atom. The molecular weight excluding hydrogens is 302 g/mol. The van der Waals surface area contributed by atoms with Crippen LogP contribution in [0.5, 0.6) is 5.75 Å². The van der Waals surface area contributed by atoms with Crippen molar-refractivity contribution in [3.05, 3.63) is 54.4 Å². The van der Waals surface area contributed by atoms with Crippen LogP contribution < -0.4 is 4.74 Å². The lowest BCUT2D eigenvalue weighted by Gasteiger charge is -2.24. The number of benzene rings is 1. The maximum absolute atomic E-state index is 12.5. The fourth-order valence-corrected chi connectivity index (χ4v) is 3.02. The quantitative estimate of drug-likeness (QED) is 0.793. The molecular formula is C19H23N3O2. The van der Waals surface area contributed by atoms with Crippen LogP contribution in [0.3, 0.4) is 0 Å². The first kappa shape index (κ1) is 16.3. The largest absolute Gasteiger partial charge is 0.497 e. The van der Waals surface area contributed by atoms with E-state index in [4.69, 9.17) is 4.74 Å². The normalized spacial score (nSPS) is 16.8. The van der Waals surface area contributed by atoms with Gasteiger partial charge in [0.2, 0.25) is 5.91 Å². The van der Waals surface area contributed by atoms with Crippen LogP contribution in [0, 0.1) is 5.92 Å². The summed E-state index contributed by atoms with van der Waals surface area (Å²) in [5, 5.41) is 4.40. The molecule has 0 aliphatic heterocycles. The standard InChI is InChI=1S/C19H23N3O2/c1-21(19(23)16-7-4-3-5-8-16)13-15-12-20-22(14-15)17-9-6-10-18(11-17)24-2/h3-4,6,9-12,14,16H,5,7-8,13H2,1-2H3/t16-/m0/s1. The van der Waals surface area contributed by atoms with E-state index in [0.717, 1.165) is 36.3 Å². The molecule has 126 valence electrons. The average Bonchev–Trinajstić information content (AvgIpc) is 3.10. The van der Waals surface area contributed by atoms with Gasteiger partial charge in [0.25, 0.3) is 0 Å². The van der Waals surface area contributed by atoms with E-state index < -0.39 is 0 Å². The summed E-state index contributed by atoms with van der Waals surface area (Å²) in [6.07, 6.45) is 10.8. The summed E-state index contributed by atoms with van der Waals surface area (Å²) in [7, 11) is 3.51. The molecule has 1 atom stereocenters. The molecule has 0 saturated carbocycles. The van der Waals surface area contributed by atoms with Gasteiger partial charge in [0.15, 0.2) is 0 Å². The first-order chi connectivity index (χ1) is 11.7. The zero-order valence-electron chi connectivity index (χ0n) is 14.2. The van der Waals surface area contributed by atoms with E-state index in [2.05, 4.69) is 17.3 Å². The first-order valence-electron chi connectivity index (χ1n) is 8.25. The topological polar surface area (TPSA) is 47.4 Å². The number of carbonyl (C=O) groups excluding carboxylic acids is 1. The number of nitrogens with zero attached hydrogens (tertiary/aromatic N) is 3. The number of hydrogen-bond donors (Lipinski definition) is 0. The fourth-order valence-electron chi connectivity index (χ4n) is 3.02. The summed E-state index contributed by atoms with van der Waals surface area (Å²) in [5.41, 5.74) is 1.95. The van der Waals surface area contributed by atoms with Gasteiger partial charge in [-0.3, -0.25) is 4.79 Å². The summed E-state index contributed by atoms with van der Waals surface area (Å²) in [6.45, 7) is 0.572. The summed E-state index contributed by atoms with van der Waals surface area (Å²) < 4.78 is 7.05. The molecule has 0 saturated heterocycles. The third kappa shape index (κ3) is 3.67. The van der Waals surface area contributed by atoms with Gasteiger partial charge in [-0.1, -0.05) is 18.2 Å². The Morgan fingerprint density at radius 3 is 3.04 bits per heavy atom. The van der Waals surface area contributed by atoms with E-state index >= 15 is 0 Å². The average molecular weight is 325 g/mol. The van der Waals surface area contributed by atoms with Crippen molar-refractivity contribution in [2.24, 2.45) is 5.92 Å². The molecule has 1 aliphatic carbocycles. The minimum Gasteiger partial charge on any atom is -0.497 e. The third-order valence-electron chi connectivity index (χ3n) is 4.37. The lowest BCUT2D eigenvalue weighted by Crippen LogP contribution is -2.32. The van der Waals surface area contributed by atoms with Crippen molar-refractivity contribution >= 4 is 5.91 Å². The lowest BCUT2D eigenvalue weighted by molar-refractivity contribution is -0.135. The molecule has 0 N–H and O–H groups in total. The Morgan fingerprint density at radius 2 is 2.29 bits per heavy atom. The molecule has 1 amide bonds. The van der Waals surface area contributed by atoms with Gasteiger partial charge in [-0.2, -0.15) is 5.10 Å². The zero-order chi connectivity index (χ0) is 16.9. The van der Waals surface area contributed by atoms with E-state index in [9.17, 15) is 4.79 Å². The molecule has 5 nitrogen and oxygen atoms in total. The third-order valence-corrected chi connectivity index (χ3v) is 4.37. The van der Waals surface area contributed by atoms with Crippen LogP contribution in [-0.4, -0.2) is 34.7 Å². The molecule has 24 heavy (non-hydrogen) atoms. The maximum Gasteiger partial charge on any atom is 0.226 e. The zero-order valence-corrected chi connectivity index (χ0v) is 14.2. The van der Waals surface area contributed by atoms with Gasteiger partial charge in [-0.15, -0.1) is 0 Å². The Bertz CT molecular complexity index is 736. The second kappa shape index (κ2) is 7.34. The molecule has 1 heterocycles. The molecule has 3 rings (SSSR count). The van der Waals surface area contributed by atoms with Crippen molar-refractivity contribution in [2.45, 2.75) is 25.8 Å². The minimum atomic E-state index is 0.119. The molecule has 0 spiro atoms. The highest BCUT2D eigenvalue weighted by molar-refractivity contribution is 5.78. The minimum absolute atomic E-state index is 0.119. The van der Waals surface area contributed by atoms with Crippen LogP contribution in [0.2, 0.25) is 0 Å². The van der Waals surface area contributed by atoms with E-state index in [1.807, 2.05) is 43.7 Å². The number of hydrogen-bond acceptors (Lipinski definition) is 3. The van der Waals surface area contributed by atoms with Gasteiger partial charge < -0.3 is 9.64 Å². The highest BCUT2D eigenvalue weighted by atomic mass is 16.5. The van der Waals surface area contributed by atoms with Crippen LogP contribution in [0.4, 0.5) is 0 Å². The number of aromatic nitrogens is 2. The summed E-state index contributed by atoms with van der Waals surface area (Å²) in [6, 6.07) is 7.74. The molecule has 2 aromatic rings. The second-order valence-corrected chi connectivity index (χ2v) is 6.17. The number of allylic oxidation sites excluding steroid dienone is 2. The molecule has 0 radical (unpaired) electrons. The van der Waals surface area contributed by atoms with Gasteiger partial charge in [-0.05, 0) is 31.4 Å². The van der Waals surface area contributed by atoms with Gasteiger partial charge >= 0.3 is 0 Å². The molecule has 1 aromatic carbocycles. The van der Waals surface area contributed by atoms with Gasteiger partial charge in [0.1, 0.15) is 5.75 Å². The molecule has 5 heteroatoms. The molecule has 1 aliphatic rings. The molecule has 0 bridgehead atoms. The smallest absolute Gasteiger partial charge is 0.226 e. The number of methoxy groups -OCH3 is 1. The lowest BCUT2D eigenvalue weighted by atomic mass is 9.93. The number of ether oxygens (including phenoxy) is 1. The van der Waals surface area contributed by atoms with E-state index in [-0.39, 0.29) is 11.8 Å². The van der Waals surface area contributed by atoms with Crippen LogP contribution in [0.15, 0.2) is 48.8 Å². The van der Waals surface area contributed by atoms with Crippen LogP contribution in [0.1, 0.15) is 24.8 Å². The van der Waals surface area contributed by atoms with Crippen molar-refractivity contribution in [3.63, 3.8) is 0 Å². The van der Waals surface area contributed by atoms with Crippen LogP contribution in [0.25, 0.3) is 5.69 Å². The van der Waals surface area contributed by atoms with E-state index in [1.165, 1.54) is 0 Å². The Balaban J connectivity index is 1.67. The van der Waals surface area contributed by atoms with Gasteiger partial charge in [-0.25, -0.2) is 4.68 Å². The first-order valence-corrected chi connectivity index (χ1v) is 8.25. The number of amides is 1. The van der Waals surface area contributed by atoms with Crippen molar-refractivity contribution in [2.75, 3.05) is 14.2 Å². The van der Waals surface area contributed by atoms with Gasteiger partial charge in [0, 0.05) is 37.3 Å². The van der Waals surface area contributed by atoms with Crippen molar-refractivity contribution in [1.29, 1.82) is 0 Å². The summed E-state index contributed by atoms with van der Waals surface area (Å²) >= 11 is 0. The SMILES string of the molecule is COc1cccc(-n2cc(CN(C)C(=O)[C@H]3CC=CCC3)cn2)c1. The molecule has 0 unspecified atom stereocenters. The highest BCUT2D eigenvalue weighted by Gasteiger charge is 2.22. The number of carbonyl (C=O) groups is 1. The molecule has 1 aromatic heterocycles. The maximum atomic E-state index is 12.5. The summed E-state index contributed by atoms with van der Waals surface area (Å²) in [4.78, 5) is 14.3. The predicted octanol–water partition coefficient (Wildman–Crippen LogP) is 3.20. The van der Waals surface area contributed by atoms with Crippen molar-refractivity contribution < 1.29 is 9.53 Å². The predicted molar refractivity (Wildman–Crippen MR) is 93.1 cm³/mol. The Hall–Kier alpha value is -2.56. The second-order valence-electron chi connectivity index (χ2n) is 6.17. The highest BCUT2D eigenvalue weighted by Crippen LogP contribution is 2.21. The van der Waals surface area contributed by atoms with E-state index in [0.29, 0.717) is 6.54 Å². The number of rotatable bonds is 5. The summed E-state index contributed by atoms with van der Waals surface area (Å²) in [5.74, 6) is 1.13. The van der Waals surface area contributed by atoms with Crippen LogP contribution in [-0.2, 0) is 11.3 Å². The van der Waals surface area contributed by atoms with Gasteiger partial charge in [0.05, 0.1) is 19.0 Å². The van der Waals surface area contributed by atoms with Crippen LogP contribution >= 0.6 is 0 Å². The van der Waals surface area contributed by atoms with Crippen molar-refractivity contribution in [1.82, 2.24) is 14.7 Å².